The van der Waals surface area contributed by atoms with Crippen LogP contribution in [0, 0.1) is 12.8 Å². The summed E-state index contributed by atoms with van der Waals surface area (Å²) in [6.45, 7) is 6.17. The Morgan fingerprint density at radius 2 is 2.19 bits per heavy atom. The van der Waals surface area contributed by atoms with Crippen LogP contribution < -0.4 is 5.32 Å². The van der Waals surface area contributed by atoms with Gasteiger partial charge in [-0.3, -0.25) is 15.1 Å². The fourth-order valence-electron chi connectivity index (χ4n) is 1.52. The molecule has 0 saturated heterocycles. The summed E-state index contributed by atoms with van der Waals surface area (Å²) in [7, 11) is 0. The molecule has 16 heavy (non-hydrogen) atoms. The summed E-state index contributed by atoms with van der Waals surface area (Å²) in [6.07, 6.45) is 0. The van der Waals surface area contributed by atoms with E-state index in [-0.39, 0.29) is 5.92 Å². The third-order valence-electron chi connectivity index (χ3n) is 2.38. The van der Waals surface area contributed by atoms with Crippen LogP contribution in [0.15, 0.2) is 18.2 Å². The normalized spacial score (nSPS) is 12.8. The molecule has 0 fully saturated rings. The van der Waals surface area contributed by atoms with Crippen molar-refractivity contribution >= 4 is 5.97 Å². The van der Waals surface area contributed by atoms with E-state index in [0.29, 0.717) is 6.54 Å². The standard InChI is InChI=1S/C12H18N2O2/c1-8(2)11(12(15)16)13-7-10-6-4-5-9(3)14-10/h4-6,8,11,13H,7H2,1-3H3,(H,15,16). The van der Waals surface area contributed by atoms with Crippen molar-refractivity contribution in [1.29, 1.82) is 0 Å². The second-order valence-corrected chi connectivity index (χ2v) is 4.21. The number of nitrogens with one attached hydrogen (secondary N) is 1. The van der Waals surface area contributed by atoms with Gasteiger partial charge in [0.25, 0.3) is 0 Å². The number of aromatic nitrogens is 1. The van der Waals surface area contributed by atoms with Crippen molar-refractivity contribution in [1.82, 2.24) is 10.3 Å². The maximum Gasteiger partial charge on any atom is 0.320 e. The minimum absolute atomic E-state index is 0.0577. The van der Waals surface area contributed by atoms with Crippen molar-refractivity contribution in [2.75, 3.05) is 0 Å². The molecule has 0 aliphatic heterocycles. The van der Waals surface area contributed by atoms with Gasteiger partial charge in [0.05, 0.1) is 5.69 Å². The molecule has 2 N–H and O–H groups in total. The predicted octanol–water partition coefficient (Wildman–Crippen LogP) is 1.59. The predicted molar refractivity (Wildman–Crippen MR) is 62.1 cm³/mol. The number of carboxylic acid groups (broad SMARTS) is 1. The van der Waals surface area contributed by atoms with Gasteiger partial charge in [0, 0.05) is 12.2 Å². The monoisotopic (exact) mass is 222 g/mol. The van der Waals surface area contributed by atoms with Gasteiger partial charge in [-0.1, -0.05) is 19.9 Å². The number of hydrogen-bond acceptors (Lipinski definition) is 3. The van der Waals surface area contributed by atoms with Gasteiger partial charge in [0.2, 0.25) is 0 Å². The van der Waals surface area contributed by atoms with Gasteiger partial charge in [-0.25, -0.2) is 0 Å². The highest BCUT2D eigenvalue weighted by atomic mass is 16.4. The Hall–Kier alpha value is -1.42. The zero-order chi connectivity index (χ0) is 12.1. The lowest BCUT2D eigenvalue weighted by Crippen LogP contribution is -2.40. The molecule has 0 aliphatic rings. The quantitative estimate of drug-likeness (QED) is 0.794. The number of aryl methyl sites for hydroxylation is 1. The molecule has 88 valence electrons. The SMILES string of the molecule is Cc1cccc(CNC(C(=O)O)C(C)C)n1. The summed E-state index contributed by atoms with van der Waals surface area (Å²) in [5, 5.41) is 12.0. The summed E-state index contributed by atoms with van der Waals surface area (Å²) < 4.78 is 0. The number of nitrogens with zero attached hydrogens (tertiary/aromatic N) is 1. The number of pyridine rings is 1. The maximum atomic E-state index is 10.9. The van der Waals surface area contributed by atoms with E-state index in [0.717, 1.165) is 11.4 Å². The smallest absolute Gasteiger partial charge is 0.320 e. The van der Waals surface area contributed by atoms with Gasteiger partial charge in [0.1, 0.15) is 6.04 Å². The second kappa shape index (κ2) is 5.61. The molecule has 1 unspecified atom stereocenters. The molecule has 1 rings (SSSR count). The third kappa shape index (κ3) is 3.62. The molecule has 1 heterocycles. The van der Waals surface area contributed by atoms with E-state index in [4.69, 9.17) is 5.11 Å². The Morgan fingerprint density at radius 1 is 1.50 bits per heavy atom. The van der Waals surface area contributed by atoms with Gasteiger partial charge in [-0.05, 0) is 25.0 Å². The molecular formula is C12H18N2O2. The minimum Gasteiger partial charge on any atom is -0.480 e. The van der Waals surface area contributed by atoms with Crippen molar-refractivity contribution in [2.24, 2.45) is 5.92 Å². The van der Waals surface area contributed by atoms with E-state index < -0.39 is 12.0 Å². The summed E-state index contributed by atoms with van der Waals surface area (Å²) in [5.74, 6) is -0.759. The molecular weight excluding hydrogens is 204 g/mol. The van der Waals surface area contributed by atoms with Gasteiger partial charge in [0.15, 0.2) is 0 Å². The lowest BCUT2D eigenvalue weighted by atomic mass is 10.0. The van der Waals surface area contributed by atoms with Crippen molar-refractivity contribution < 1.29 is 9.90 Å². The van der Waals surface area contributed by atoms with E-state index >= 15 is 0 Å². The lowest BCUT2D eigenvalue weighted by molar-refractivity contribution is -0.140. The highest BCUT2D eigenvalue weighted by Gasteiger charge is 2.20. The van der Waals surface area contributed by atoms with Gasteiger partial charge >= 0.3 is 5.97 Å². The molecule has 1 aromatic rings. The zero-order valence-electron chi connectivity index (χ0n) is 9.90. The molecule has 0 radical (unpaired) electrons. The number of aliphatic carboxylic acids is 1. The molecule has 1 atom stereocenters. The Bertz CT molecular complexity index is 364. The number of carboxylic acids is 1. The van der Waals surface area contributed by atoms with E-state index in [9.17, 15) is 4.79 Å². The fraction of sp³-hybridized carbons (Fsp3) is 0.500. The highest BCUT2D eigenvalue weighted by Crippen LogP contribution is 2.04. The molecule has 4 nitrogen and oxygen atoms in total. The van der Waals surface area contributed by atoms with Crippen LogP contribution in [0.4, 0.5) is 0 Å². The number of rotatable bonds is 5. The van der Waals surface area contributed by atoms with Crippen LogP contribution in [-0.2, 0) is 11.3 Å². The van der Waals surface area contributed by atoms with Gasteiger partial charge < -0.3 is 5.11 Å². The largest absolute Gasteiger partial charge is 0.480 e. The van der Waals surface area contributed by atoms with E-state index in [2.05, 4.69) is 10.3 Å². The van der Waals surface area contributed by atoms with E-state index in [1.54, 1.807) is 0 Å². The Balaban J connectivity index is 2.59. The summed E-state index contributed by atoms with van der Waals surface area (Å²) in [4.78, 5) is 15.3. The average molecular weight is 222 g/mol. The first-order valence-corrected chi connectivity index (χ1v) is 5.39. The molecule has 0 bridgehead atoms. The van der Waals surface area contributed by atoms with Gasteiger partial charge in [-0.15, -0.1) is 0 Å². The first kappa shape index (κ1) is 12.6. The first-order chi connectivity index (χ1) is 7.50. The Morgan fingerprint density at radius 3 is 2.69 bits per heavy atom. The lowest BCUT2D eigenvalue weighted by Gasteiger charge is -2.17. The molecule has 0 aromatic carbocycles. The summed E-state index contributed by atoms with van der Waals surface area (Å²) in [5.41, 5.74) is 1.81. The van der Waals surface area contributed by atoms with Crippen molar-refractivity contribution in [2.45, 2.75) is 33.4 Å². The van der Waals surface area contributed by atoms with Crippen LogP contribution in [0.5, 0.6) is 0 Å². The molecule has 4 heteroatoms. The van der Waals surface area contributed by atoms with Gasteiger partial charge in [-0.2, -0.15) is 0 Å². The van der Waals surface area contributed by atoms with Crippen LogP contribution in [0.3, 0.4) is 0 Å². The number of hydrogen-bond donors (Lipinski definition) is 2. The molecule has 0 aliphatic carbocycles. The van der Waals surface area contributed by atoms with Crippen LogP contribution in [0.1, 0.15) is 25.2 Å². The maximum absolute atomic E-state index is 10.9. The van der Waals surface area contributed by atoms with Crippen molar-refractivity contribution in [3.63, 3.8) is 0 Å². The molecule has 1 aromatic heterocycles. The molecule has 0 amide bonds. The van der Waals surface area contributed by atoms with Crippen LogP contribution >= 0.6 is 0 Å². The fourth-order valence-corrected chi connectivity index (χ4v) is 1.52. The van der Waals surface area contributed by atoms with E-state index in [1.165, 1.54) is 0 Å². The Kier molecular flexibility index (Phi) is 4.43. The zero-order valence-corrected chi connectivity index (χ0v) is 9.90. The minimum atomic E-state index is -0.817. The van der Waals surface area contributed by atoms with E-state index in [1.807, 2.05) is 39.0 Å². The average Bonchev–Trinajstić information content (AvgIpc) is 2.16. The Labute approximate surface area is 95.7 Å². The van der Waals surface area contributed by atoms with Crippen molar-refractivity contribution in [3.8, 4) is 0 Å². The highest BCUT2D eigenvalue weighted by molar-refractivity contribution is 5.73. The third-order valence-corrected chi connectivity index (χ3v) is 2.38. The van der Waals surface area contributed by atoms with Crippen LogP contribution in [0.25, 0.3) is 0 Å². The first-order valence-electron chi connectivity index (χ1n) is 5.39. The van der Waals surface area contributed by atoms with Crippen LogP contribution in [-0.4, -0.2) is 22.1 Å². The number of carbonyl (C=O) groups is 1. The van der Waals surface area contributed by atoms with Crippen molar-refractivity contribution in [3.05, 3.63) is 29.6 Å². The topological polar surface area (TPSA) is 62.2 Å². The van der Waals surface area contributed by atoms with Crippen LogP contribution in [0.2, 0.25) is 0 Å². The summed E-state index contributed by atoms with van der Waals surface area (Å²) >= 11 is 0. The molecule has 0 saturated carbocycles. The summed E-state index contributed by atoms with van der Waals surface area (Å²) in [6, 6.07) is 5.20. The second-order valence-electron chi connectivity index (χ2n) is 4.21. The molecule has 0 spiro atoms.